The number of fused-ring (bicyclic) bond motifs is 1. The van der Waals surface area contributed by atoms with Crippen molar-refractivity contribution >= 4 is 34.5 Å². The number of hydrogen-bond acceptors (Lipinski definition) is 5. The molecule has 0 amide bonds. The van der Waals surface area contributed by atoms with Gasteiger partial charge in [-0.05, 0) is 30.7 Å². The fraction of sp³-hybridized carbons (Fsp3) is 0.111. The predicted octanol–water partition coefficient (Wildman–Crippen LogP) is 4.46. The van der Waals surface area contributed by atoms with Gasteiger partial charge < -0.3 is 0 Å². The van der Waals surface area contributed by atoms with Gasteiger partial charge in [0.25, 0.3) is 0 Å². The van der Waals surface area contributed by atoms with Gasteiger partial charge in [-0.25, -0.2) is 9.97 Å². The molecule has 2 aromatic carbocycles. The highest BCUT2D eigenvalue weighted by atomic mass is 35.5. The zero-order chi connectivity index (χ0) is 17.2. The van der Waals surface area contributed by atoms with Crippen LogP contribution in [0.3, 0.4) is 0 Å². The molecule has 0 atom stereocenters. The maximum Gasteiger partial charge on any atom is 0.187 e. The molecule has 0 aliphatic rings. The number of rotatable bonds is 4. The Bertz CT molecular complexity index is 1050. The Balaban J connectivity index is 1.67. The lowest BCUT2D eigenvalue weighted by Gasteiger charge is -2.04. The number of halogens is 1. The molecule has 4 aromatic rings. The Morgan fingerprint density at radius 1 is 1.08 bits per heavy atom. The van der Waals surface area contributed by atoms with Gasteiger partial charge >= 0.3 is 0 Å². The third-order valence-electron chi connectivity index (χ3n) is 3.71. The zero-order valence-electron chi connectivity index (χ0n) is 13.4. The van der Waals surface area contributed by atoms with Crippen LogP contribution in [0.4, 0.5) is 0 Å². The molecule has 7 heteroatoms. The summed E-state index contributed by atoms with van der Waals surface area (Å²) in [7, 11) is 0. The molecule has 0 saturated carbocycles. The molecule has 0 fully saturated rings. The first-order valence-corrected chi connectivity index (χ1v) is 9.08. The topological polar surface area (TPSA) is 56.5 Å². The highest BCUT2D eigenvalue weighted by molar-refractivity contribution is 7.98. The van der Waals surface area contributed by atoms with Crippen molar-refractivity contribution in [1.82, 2.24) is 25.0 Å². The third kappa shape index (κ3) is 3.36. The van der Waals surface area contributed by atoms with E-state index in [1.165, 1.54) is 11.1 Å². The Kier molecular flexibility index (Phi) is 4.38. The molecule has 124 valence electrons. The highest BCUT2D eigenvalue weighted by Gasteiger charge is 2.13. The van der Waals surface area contributed by atoms with E-state index in [0.717, 1.165) is 16.5 Å². The van der Waals surface area contributed by atoms with Crippen molar-refractivity contribution in [3.05, 3.63) is 71.0 Å². The third-order valence-corrected chi connectivity index (χ3v) is 5.00. The minimum Gasteiger partial charge on any atom is -0.227 e. The molecule has 0 unspecified atom stereocenters. The largest absolute Gasteiger partial charge is 0.227 e. The average Bonchev–Trinajstić information content (AvgIpc) is 3.05. The number of nitrogens with zero attached hydrogens (tertiary/aromatic N) is 5. The summed E-state index contributed by atoms with van der Waals surface area (Å²) in [6, 6.07) is 15.9. The first kappa shape index (κ1) is 16.1. The van der Waals surface area contributed by atoms with E-state index < -0.39 is 0 Å². The van der Waals surface area contributed by atoms with Crippen LogP contribution < -0.4 is 0 Å². The fourth-order valence-corrected chi connectivity index (χ4v) is 3.63. The maximum absolute atomic E-state index is 6.08. The van der Waals surface area contributed by atoms with E-state index in [2.05, 4.69) is 51.5 Å². The average molecular weight is 368 g/mol. The molecule has 2 aromatic heterocycles. The molecule has 0 N–H and O–H groups in total. The van der Waals surface area contributed by atoms with E-state index in [9.17, 15) is 0 Å². The van der Waals surface area contributed by atoms with Gasteiger partial charge in [-0.1, -0.05) is 64.5 Å². The van der Waals surface area contributed by atoms with E-state index in [4.69, 9.17) is 11.6 Å². The zero-order valence-corrected chi connectivity index (χ0v) is 15.0. The number of hydrogen-bond donors (Lipinski definition) is 0. The van der Waals surface area contributed by atoms with Crippen molar-refractivity contribution in [3.63, 3.8) is 0 Å². The van der Waals surface area contributed by atoms with Crippen molar-refractivity contribution in [2.75, 3.05) is 0 Å². The first-order chi connectivity index (χ1) is 12.2. The Morgan fingerprint density at radius 2 is 1.96 bits per heavy atom. The van der Waals surface area contributed by atoms with Crippen molar-refractivity contribution in [3.8, 4) is 5.69 Å². The Hall–Kier alpha value is -2.44. The number of benzene rings is 2. The van der Waals surface area contributed by atoms with Gasteiger partial charge in [-0.15, -0.1) is 5.10 Å². The standard InChI is InChI=1S/C18H14ClN5S/c1-12-4-2-5-13(8-12)10-25-18-16-17(20-11-21-18)24(23-22-16)15-7-3-6-14(19)9-15/h2-9,11H,10H2,1H3. The lowest BCUT2D eigenvalue weighted by atomic mass is 10.2. The van der Waals surface area contributed by atoms with Crippen LogP contribution in [0.2, 0.25) is 5.02 Å². The molecule has 0 aliphatic carbocycles. The highest BCUT2D eigenvalue weighted by Crippen LogP contribution is 2.27. The monoisotopic (exact) mass is 367 g/mol. The lowest BCUT2D eigenvalue weighted by Crippen LogP contribution is -1.98. The molecular formula is C18H14ClN5S. The summed E-state index contributed by atoms with van der Waals surface area (Å²) >= 11 is 7.71. The van der Waals surface area contributed by atoms with Crippen LogP contribution in [0.25, 0.3) is 16.9 Å². The lowest BCUT2D eigenvalue weighted by molar-refractivity contribution is 0.817. The summed E-state index contributed by atoms with van der Waals surface area (Å²) in [4.78, 5) is 8.73. The smallest absolute Gasteiger partial charge is 0.187 e. The van der Waals surface area contributed by atoms with Crippen LogP contribution in [-0.2, 0) is 5.75 Å². The van der Waals surface area contributed by atoms with Crippen LogP contribution >= 0.6 is 23.4 Å². The van der Waals surface area contributed by atoms with Crippen molar-refractivity contribution in [1.29, 1.82) is 0 Å². The number of aryl methyl sites for hydroxylation is 1. The SMILES string of the molecule is Cc1cccc(CSc2ncnc3c2nnn3-c2cccc(Cl)c2)c1. The minimum atomic E-state index is 0.643. The van der Waals surface area contributed by atoms with Gasteiger partial charge in [0.05, 0.1) is 5.69 Å². The molecule has 5 nitrogen and oxygen atoms in total. The van der Waals surface area contributed by atoms with Crippen LogP contribution in [0.1, 0.15) is 11.1 Å². The van der Waals surface area contributed by atoms with Crippen LogP contribution in [0, 0.1) is 6.92 Å². The van der Waals surface area contributed by atoms with Gasteiger partial charge in [-0.2, -0.15) is 4.68 Å². The molecule has 0 spiro atoms. The van der Waals surface area contributed by atoms with E-state index in [-0.39, 0.29) is 0 Å². The van der Waals surface area contributed by atoms with E-state index in [0.29, 0.717) is 16.2 Å². The second-order valence-electron chi connectivity index (χ2n) is 5.61. The van der Waals surface area contributed by atoms with Gasteiger partial charge in [0.15, 0.2) is 11.2 Å². The van der Waals surface area contributed by atoms with Crippen molar-refractivity contribution < 1.29 is 0 Å². The fourth-order valence-electron chi connectivity index (χ4n) is 2.57. The van der Waals surface area contributed by atoms with Crippen LogP contribution in [0.15, 0.2) is 59.9 Å². The summed E-state index contributed by atoms with van der Waals surface area (Å²) < 4.78 is 1.68. The molecule has 0 saturated heterocycles. The van der Waals surface area contributed by atoms with Crippen molar-refractivity contribution in [2.45, 2.75) is 17.7 Å². The van der Waals surface area contributed by atoms with E-state index in [1.54, 1.807) is 22.8 Å². The predicted molar refractivity (Wildman–Crippen MR) is 100 cm³/mol. The minimum absolute atomic E-state index is 0.643. The molecule has 0 radical (unpaired) electrons. The molecule has 0 aliphatic heterocycles. The Morgan fingerprint density at radius 3 is 2.80 bits per heavy atom. The summed E-state index contributed by atoms with van der Waals surface area (Å²) in [5.41, 5.74) is 4.68. The maximum atomic E-state index is 6.08. The quantitative estimate of drug-likeness (QED) is 0.393. The number of thioether (sulfide) groups is 1. The van der Waals surface area contributed by atoms with E-state index in [1.807, 2.05) is 24.3 Å². The molecule has 0 bridgehead atoms. The summed E-state index contributed by atoms with van der Waals surface area (Å²) in [5, 5.41) is 9.97. The van der Waals surface area contributed by atoms with Gasteiger partial charge in [0, 0.05) is 10.8 Å². The second-order valence-corrected chi connectivity index (χ2v) is 7.01. The van der Waals surface area contributed by atoms with E-state index >= 15 is 0 Å². The van der Waals surface area contributed by atoms with Gasteiger partial charge in [-0.3, -0.25) is 0 Å². The van der Waals surface area contributed by atoms with Crippen LogP contribution in [0.5, 0.6) is 0 Å². The molecule has 4 rings (SSSR count). The first-order valence-electron chi connectivity index (χ1n) is 7.71. The van der Waals surface area contributed by atoms with Crippen LogP contribution in [-0.4, -0.2) is 25.0 Å². The molecular weight excluding hydrogens is 354 g/mol. The Labute approximate surface area is 154 Å². The van der Waals surface area contributed by atoms with Crippen molar-refractivity contribution in [2.24, 2.45) is 0 Å². The molecule has 25 heavy (non-hydrogen) atoms. The summed E-state index contributed by atoms with van der Waals surface area (Å²) in [5.74, 6) is 0.817. The van der Waals surface area contributed by atoms with Gasteiger partial charge in [0.2, 0.25) is 0 Å². The second kappa shape index (κ2) is 6.82. The summed E-state index contributed by atoms with van der Waals surface area (Å²) in [6.45, 7) is 2.09. The molecule has 2 heterocycles. The number of aromatic nitrogens is 5. The normalized spacial score (nSPS) is 11.1. The van der Waals surface area contributed by atoms with Gasteiger partial charge in [0.1, 0.15) is 11.4 Å². The summed E-state index contributed by atoms with van der Waals surface area (Å²) in [6.07, 6.45) is 1.55.